The molecule has 1 amide bonds. The molecule has 0 spiro atoms. The van der Waals surface area contributed by atoms with Crippen molar-refractivity contribution in [1.29, 1.82) is 0 Å². The first-order valence-corrected chi connectivity index (χ1v) is 9.33. The Morgan fingerprint density at radius 1 is 1.21 bits per heavy atom. The summed E-state index contributed by atoms with van der Waals surface area (Å²) in [5.41, 5.74) is 1.19. The number of carbonyl (C=O) groups excluding carboxylic acids is 1. The van der Waals surface area contributed by atoms with Gasteiger partial charge in [0.2, 0.25) is 15.9 Å². The maximum atomic E-state index is 12.0. The molecular formula is C15H15Cl2N3O3S. The lowest BCUT2D eigenvalue weighted by molar-refractivity contribution is -0.120. The number of rotatable bonds is 7. The molecule has 2 rings (SSSR count). The predicted octanol–water partition coefficient (Wildman–Crippen LogP) is 2.12. The maximum absolute atomic E-state index is 12.0. The van der Waals surface area contributed by atoms with Crippen LogP contribution >= 0.6 is 23.2 Å². The molecule has 2 N–H and O–H groups in total. The van der Waals surface area contributed by atoms with E-state index in [-0.39, 0.29) is 18.8 Å². The molecule has 0 saturated carbocycles. The van der Waals surface area contributed by atoms with Crippen molar-refractivity contribution < 1.29 is 13.2 Å². The molecule has 1 heterocycles. The number of hydrogen-bond donors (Lipinski definition) is 2. The van der Waals surface area contributed by atoms with Gasteiger partial charge in [0, 0.05) is 29.0 Å². The molecule has 1 aromatic carbocycles. The van der Waals surface area contributed by atoms with Gasteiger partial charge in [-0.1, -0.05) is 29.3 Å². The summed E-state index contributed by atoms with van der Waals surface area (Å²) in [4.78, 5) is 15.7. The van der Waals surface area contributed by atoms with E-state index >= 15 is 0 Å². The van der Waals surface area contributed by atoms with E-state index in [1.54, 1.807) is 30.6 Å². The molecule has 128 valence electrons. The number of nitrogens with one attached hydrogen (secondary N) is 2. The van der Waals surface area contributed by atoms with E-state index in [2.05, 4.69) is 15.0 Å². The highest BCUT2D eigenvalue weighted by Crippen LogP contribution is 2.22. The minimum atomic E-state index is -3.72. The normalized spacial score (nSPS) is 11.2. The largest absolute Gasteiger partial charge is 0.351 e. The van der Waals surface area contributed by atoms with Gasteiger partial charge in [0.25, 0.3) is 0 Å². The smallest absolute Gasteiger partial charge is 0.235 e. The zero-order valence-electron chi connectivity index (χ0n) is 12.5. The molecular weight excluding hydrogens is 373 g/mol. The Morgan fingerprint density at radius 2 is 2.00 bits per heavy atom. The summed E-state index contributed by atoms with van der Waals surface area (Å²) >= 11 is 11.8. The van der Waals surface area contributed by atoms with Crippen molar-refractivity contribution >= 4 is 39.1 Å². The van der Waals surface area contributed by atoms with Crippen LogP contribution in [0.2, 0.25) is 10.0 Å². The molecule has 0 saturated heterocycles. The SMILES string of the molecule is O=C(CNS(=O)(=O)Cc1cc(Cl)ccc1Cl)NCc1cccnc1. The summed E-state index contributed by atoms with van der Waals surface area (Å²) in [5, 5.41) is 3.29. The fourth-order valence-corrected chi connectivity index (χ4v) is 3.41. The summed E-state index contributed by atoms with van der Waals surface area (Å²) in [6, 6.07) is 8.12. The van der Waals surface area contributed by atoms with Crippen molar-refractivity contribution in [2.75, 3.05) is 6.54 Å². The maximum Gasteiger partial charge on any atom is 0.235 e. The molecule has 6 nitrogen and oxygen atoms in total. The number of hydrogen-bond acceptors (Lipinski definition) is 4. The number of nitrogens with zero attached hydrogens (tertiary/aromatic N) is 1. The van der Waals surface area contributed by atoms with Crippen molar-refractivity contribution in [3.05, 3.63) is 63.9 Å². The van der Waals surface area contributed by atoms with Crippen LogP contribution in [-0.2, 0) is 27.1 Å². The van der Waals surface area contributed by atoms with E-state index in [4.69, 9.17) is 23.2 Å². The molecule has 24 heavy (non-hydrogen) atoms. The van der Waals surface area contributed by atoms with E-state index in [1.165, 1.54) is 12.1 Å². The zero-order chi connectivity index (χ0) is 17.6. The molecule has 0 bridgehead atoms. The zero-order valence-corrected chi connectivity index (χ0v) is 14.8. The summed E-state index contributed by atoms with van der Waals surface area (Å²) in [7, 11) is -3.72. The van der Waals surface area contributed by atoms with Crippen LogP contribution < -0.4 is 10.0 Å². The van der Waals surface area contributed by atoms with Crippen molar-refractivity contribution in [2.24, 2.45) is 0 Å². The van der Waals surface area contributed by atoms with Crippen molar-refractivity contribution in [2.45, 2.75) is 12.3 Å². The van der Waals surface area contributed by atoms with Crippen LogP contribution in [0.25, 0.3) is 0 Å². The molecule has 0 radical (unpaired) electrons. The first-order valence-electron chi connectivity index (χ1n) is 6.92. The number of pyridine rings is 1. The minimum Gasteiger partial charge on any atom is -0.351 e. The van der Waals surface area contributed by atoms with Crippen LogP contribution in [0.15, 0.2) is 42.7 Å². The first-order chi connectivity index (χ1) is 11.4. The van der Waals surface area contributed by atoms with Crippen molar-refractivity contribution in [3.63, 3.8) is 0 Å². The van der Waals surface area contributed by atoms with E-state index in [0.717, 1.165) is 5.56 Å². The summed E-state index contributed by atoms with van der Waals surface area (Å²) < 4.78 is 26.3. The van der Waals surface area contributed by atoms with Crippen LogP contribution in [0.3, 0.4) is 0 Å². The Labute approximate surface area is 150 Å². The van der Waals surface area contributed by atoms with Crippen LogP contribution in [0, 0.1) is 0 Å². The van der Waals surface area contributed by atoms with E-state index < -0.39 is 15.9 Å². The molecule has 0 aliphatic heterocycles. The third-order valence-electron chi connectivity index (χ3n) is 3.02. The van der Waals surface area contributed by atoms with Gasteiger partial charge in [0.15, 0.2) is 0 Å². The van der Waals surface area contributed by atoms with Crippen molar-refractivity contribution in [1.82, 2.24) is 15.0 Å². The monoisotopic (exact) mass is 387 g/mol. The molecule has 0 aliphatic carbocycles. The number of benzene rings is 1. The lowest BCUT2D eigenvalue weighted by Gasteiger charge is -2.09. The number of halogens is 2. The van der Waals surface area contributed by atoms with Crippen LogP contribution in [0.4, 0.5) is 0 Å². The van der Waals surface area contributed by atoms with Gasteiger partial charge < -0.3 is 5.32 Å². The topological polar surface area (TPSA) is 88.2 Å². The average Bonchev–Trinajstić information content (AvgIpc) is 2.55. The average molecular weight is 388 g/mol. The number of sulfonamides is 1. The second-order valence-electron chi connectivity index (χ2n) is 4.95. The Bertz CT molecular complexity index is 814. The highest BCUT2D eigenvalue weighted by molar-refractivity contribution is 7.88. The summed E-state index contributed by atoms with van der Waals surface area (Å²) in [6.45, 7) is -0.0880. The Kier molecular flexibility index (Phi) is 6.56. The quantitative estimate of drug-likeness (QED) is 0.761. The highest BCUT2D eigenvalue weighted by Gasteiger charge is 2.15. The second kappa shape index (κ2) is 8.43. The summed E-state index contributed by atoms with van der Waals surface area (Å²) in [5.74, 6) is -0.804. The molecule has 0 fully saturated rings. The van der Waals surface area contributed by atoms with Gasteiger partial charge in [-0.05, 0) is 35.4 Å². The molecule has 0 aliphatic rings. The van der Waals surface area contributed by atoms with Gasteiger partial charge in [-0.15, -0.1) is 0 Å². The van der Waals surface area contributed by atoms with E-state index in [9.17, 15) is 13.2 Å². The number of aromatic nitrogens is 1. The van der Waals surface area contributed by atoms with Gasteiger partial charge in [-0.2, -0.15) is 0 Å². The van der Waals surface area contributed by atoms with E-state index in [1.807, 2.05) is 0 Å². The lowest BCUT2D eigenvalue weighted by Crippen LogP contribution is -2.37. The third-order valence-corrected chi connectivity index (χ3v) is 4.90. The van der Waals surface area contributed by atoms with Crippen molar-refractivity contribution in [3.8, 4) is 0 Å². The predicted molar refractivity (Wildman–Crippen MR) is 93.2 cm³/mol. The second-order valence-corrected chi connectivity index (χ2v) is 7.60. The standard InChI is InChI=1S/C15H15Cl2N3O3S/c16-13-3-4-14(17)12(6-13)10-24(22,23)20-9-15(21)19-8-11-2-1-5-18-7-11/h1-7,20H,8-10H2,(H,19,21). The molecule has 9 heteroatoms. The highest BCUT2D eigenvalue weighted by atomic mass is 35.5. The van der Waals surface area contributed by atoms with Crippen LogP contribution in [-0.4, -0.2) is 25.9 Å². The summed E-state index contributed by atoms with van der Waals surface area (Å²) in [6.07, 6.45) is 3.24. The number of carbonyl (C=O) groups is 1. The fourth-order valence-electron chi connectivity index (χ4n) is 1.85. The van der Waals surface area contributed by atoms with Gasteiger partial charge >= 0.3 is 0 Å². The fraction of sp³-hybridized carbons (Fsp3) is 0.200. The molecule has 0 unspecified atom stereocenters. The first kappa shape index (κ1) is 18.7. The Balaban J connectivity index is 1.85. The Morgan fingerprint density at radius 3 is 2.71 bits per heavy atom. The van der Waals surface area contributed by atoms with Crippen LogP contribution in [0.1, 0.15) is 11.1 Å². The van der Waals surface area contributed by atoms with Gasteiger partial charge in [-0.25, -0.2) is 13.1 Å². The molecule has 1 aromatic heterocycles. The molecule has 2 aromatic rings. The van der Waals surface area contributed by atoms with Gasteiger partial charge in [0.05, 0.1) is 12.3 Å². The van der Waals surface area contributed by atoms with Gasteiger partial charge in [-0.3, -0.25) is 9.78 Å². The lowest BCUT2D eigenvalue weighted by atomic mass is 10.2. The van der Waals surface area contributed by atoms with Crippen LogP contribution in [0.5, 0.6) is 0 Å². The molecule has 0 atom stereocenters. The minimum absolute atomic E-state index is 0.272. The third kappa shape index (κ3) is 6.09. The van der Waals surface area contributed by atoms with E-state index in [0.29, 0.717) is 15.6 Å². The Hall–Kier alpha value is -1.67. The van der Waals surface area contributed by atoms with Gasteiger partial charge in [0.1, 0.15) is 0 Å². The number of amides is 1.